The zero-order valence-corrected chi connectivity index (χ0v) is 8.95. The lowest BCUT2D eigenvalue weighted by Crippen LogP contribution is -2.31. The van der Waals surface area contributed by atoms with Crippen LogP contribution in [-0.4, -0.2) is 36.9 Å². The first-order valence-electron chi connectivity index (χ1n) is 4.16. The van der Waals surface area contributed by atoms with Crippen molar-refractivity contribution in [3.8, 4) is 12.3 Å². The highest BCUT2D eigenvalue weighted by Crippen LogP contribution is 1.89. The Morgan fingerprint density at radius 1 is 1.36 bits per heavy atom. The van der Waals surface area contributed by atoms with Crippen molar-refractivity contribution in [2.75, 3.05) is 25.1 Å². The van der Waals surface area contributed by atoms with Crippen molar-refractivity contribution in [2.24, 2.45) is 0 Å². The molecule has 0 rings (SSSR count). The first-order chi connectivity index (χ1) is 6.70. The maximum Gasteiger partial charge on any atom is 0.229 e. The Bertz CT molecular complexity index is 235. The largest absolute Gasteiger partial charge is 0.355 e. The third kappa shape index (κ3) is 7.50. The summed E-state index contributed by atoms with van der Waals surface area (Å²) in [4.78, 5) is 21.9. The minimum Gasteiger partial charge on any atom is -0.355 e. The van der Waals surface area contributed by atoms with Crippen LogP contribution in [0.2, 0.25) is 0 Å². The fourth-order valence-electron chi connectivity index (χ4n) is 0.736. The van der Waals surface area contributed by atoms with Crippen molar-refractivity contribution in [3.05, 3.63) is 0 Å². The van der Waals surface area contributed by atoms with Crippen LogP contribution in [0, 0.1) is 12.3 Å². The average Bonchev–Trinajstić information content (AvgIpc) is 2.15. The van der Waals surface area contributed by atoms with Gasteiger partial charge in [0.05, 0.1) is 12.3 Å². The van der Waals surface area contributed by atoms with Gasteiger partial charge in [-0.2, -0.15) is 11.8 Å². The third-order valence-corrected chi connectivity index (χ3v) is 1.89. The van der Waals surface area contributed by atoms with E-state index in [2.05, 4.69) is 16.6 Å². The quantitative estimate of drug-likeness (QED) is 0.592. The van der Waals surface area contributed by atoms with Gasteiger partial charge in [-0.25, -0.2) is 0 Å². The van der Waals surface area contributed by atoms with Gasteiger partial charge in [-0.15, -0.1) is 6.42 Å². The predicted octanol–water partition coefficient (Wildman–Crippen LogP) is -0.395. The summed E-state index contributed by atoms with van der Waals surface area (Å²) in [7, 11) is 0. The Kier molecular flexibility index (Phi) is 7.75. The summed E-state index contributed by atoms with van der Waals surface area (Å²) in [6.07, 6.45) is 7.07. The third-order valence-electron chi connectivity index (χ3n) is 1.34. The lowest BCUT2D eigenvalue weighted by Gasteiger charge is -2.03. The average molecular weight is 214 g/mol. The summed E-state index contributed by atoms with van der Waals surface area (Å²) >= 11 is 1.44. The van der Waals surface area contributed by atoms with E-state index in [1.165, 1.54) is 11.8 Å². The van der Waals surface area contributed by atoms with Gasteiger partial charge in [0.15, 0.2) is 0 Å². The number of nitrogens with one attached hydrogen (secondary N) is 2. The molecule has 14 heavy (non-hydrogen) atoms. The minimum absolute atomic E-state index is 0.0535. The number of thioether (sulfide) groups is 1. The number of terminal acetylenes is 1. The van der Waals surface area contributed by atoms with E-state index >= 15 is 0 Å². The van der Waals surface area contributed by atoms with Gasteiger partial charge in [0, 0.05) is 13.0 Å². The number of hydrogen-bond acceptors (Lipinski definition) is 3. The van der Waals surface area contributed by atoms with Crippen molar-refractivity contribution in [1.82, 2.24) is 10.6 Å². The fourth-order valence-corrected chi connectivity index (χ4v) is 1.10. The highest BCUT2D eigenvalue weighted by atomic mass is 32.2. The smallest absolute Gasteiger partial charge is 0.229 e. The summed E-state index contributed by atoms with van der Waals surface area (Å²) < 4.78 is 0. The molecule has 2 amide bonds. The van der Waals surface area contributed by atoms with E-state index < -0.39 is 0 Å². The highest BCUT2D eigenvalue weighted by Gasteiger charge is 2.01. The summed E-state index contributed by atoms with van der Waals surface area (Å²) in [6, 6.07) is 0. The zero-order chi connectivity index (χ0) is 10.8. The van der Waals surface area contributed by atoms with Crippen LogP contribution < -0.4 is 10.6 Å². The molecular formula is C9H14N2O2S. The van der Waals surface area contributed by atoms with Crippen LogP contribution in [0.4, 0.5) is 0 Å². The molecule has 0 heterocycles. The molecule has 0 aromatic heterocycles. The molecule has 0 aliphatic heterocycles. The molecule has 5 heteroatoms. The Hall–Kier alpha value is -1.15. The van der Waals surface area contributed by atoms with Crippen LogP contribution in [0.5, 0.6) is 0 Å². The van der Waals surface area contributed by atoms with E-state index in [0.717, 1.165) is 0 Å². The van der Waals surface area contributed by atoms with Gasteiger partial charge >= 0.3 is 0 Å². The number of rotatable bonds is 6. The summed E-state index contributed by atoms with van der Waals surface area (Å²) in [5.41, 5.74) is 0. The van der Waals surface area contributed by atoms with Crippen molar-refractivity contribution >= 4 is 23.6 Å². The second-order valence-electron chi connectivity index (χ2n) is 2.51. The van der Waals surface area contributed by atoms with Gasteiger partial charge in [0.25, 0.3) is 0 Å². The fraction of sp³-hybridized carbons (Fsp3) is 0.556. The SMILES string of the molecule is C#CCNC(=O)CCNC(=O)CSC. The lowest BCUT2D eigenvalue weighted by atomic mass is 10.4. The Morgan fingerprint density at radius 3 is 2.64 bits per heavy atom. The summed E-state index contributed by atoms with van der Waals surface area (Å²) in [5.74, 6) is 2.52. The molecular weight excluding hydrogens is 200 g/mol. The van der Waals surface area contributed by atoms with E-state index in [9.17, 15) is 9.59 Å². The Morgan fingerprint density at radius 2 is 2.07 bits per heavy atom. The predicted molar refractivity (Wildman–Crippen MR) is 57.9 cm³/mol. The van der Waals surface area contributed by atoms with Crippen molar-refractivity contribution in [1.29, 1.82) is 0 Å². The molecule has 0 aliphatic rings. The van der Waals surface area contributed by atoms with E-state index in [1.54, 1.807) is 0 Å². The van der Waals surface area contributed by atoms with Gasteiger partial charge in [0.2, 0.25) is 11.8 Å². The van der Waals surface area contributed by atoms with Crippen molar-refractivity contribution in [2.45, 2.75) is 6.42 Å². The number of carbonyl (C=O) groups is 2. The van der Waals surface area contributed by atoms with E-state index in [1.807, 2.05) is 6.26 Å². The summed E-state index contributed by atoms with van der Waals surface area (Å²) in [6.45, 7) is 0.591. The van der Waals surface area contributed by atoms with Crippen LogP contribution in [0.3, 0.4) is 0 Å². The molecule has 78 valence electrons. The maximum atomic E-state index is 11.0. The number of hydrogen-bond donors (Lipinski definition) is 2. The summed E-state index contributed by atoms with van der Waals surface area (Å²) in [5, 5.41) is 5.13. The molecule has 0 aliphatic carbocycles. The molecule has 0 bridgehead atoms. The highest BCUT2D eigenvalue weighted by molar-refractivity contribution is 7.99. The minimum atomic E-state index is -0.146. The maximum absolute atomic E-state index is 11.0. The standard InChI is InChI=1S/C9H14N2O2S/c1-3-5-10-8(12)4-6-11-9(13)7-14-2/h1H,4-7H2,2H3,(H,10,12)(H,11,13). The second-order valence-corrected chi connectivity index (χ2v) is 3.38. The van der Waals surface area contributed by atoms with Crippen molar-refractivity contribution < 1.29 is 9.59 Å². The van der Waals surface area contributed by atoms with Crippen LogP contribution in [0.1, 0.15) is 6.42 Å². The molecule has 2 N–H and O–H groups in total. The van der Waals surface area contributed by atoms with Gasteiger partial charge in [-0.1, -0.05) is 5.92 Å². The van der Waals surface area contributed by atoms with E-state index in [0.29, 0.717) is 12.3 Å². The Balaban J connectivity index is 3.40. The first-order valence-corrected chi connectivity index (χ1v) is 5.56. The monoisotopic (exact) mass is 214 g/mol. The first kappa shape index (κ1) is 12.8. The van der Waals surface area contributed by atoms with Gasteiger partial charge < -0.3 is 10.6 Å². The van der Waals surface area contributed by atoms with E-state index in [-0.39, 0.29) is 24.8 Å². The zero-order valence-electron chi connectivity index (χ0n) is 8.13. The molecule has 0 fully saturated rings. The molecule has 4 nitrogen and oxygen atoms in total. The molecule has 0 atom stereocenters. The molecule has 0 saturated carbocycles. The second kappa shape index (κ2) is 8.45. The molecule has 0 aromatic carbocycles. The topological polar surface area (TPSA) is 58.2 Å². The molecule has 0 spiro atoms. The van der Waals surface area contributed by atoms with Crippen LogP contribution in [0.15, 0.2) is 0 Å². The van der Waals surface area contributed by atoms with E-state index in [4.69, 9.17) is 6.42 Å². The molecule has 0 radical (unpaired) electrons. The van der Waals surface area contributed by atoms with Crippen LogP contribution in [-0.2, 0) is 9.59 Å². The lowest BCUT2D eigenvalue weighted by molar-refractivity contribution is -0.121. The Labute approximate surface area is 88.2 Å². The normalized spacial score (nSPS) is 8.86. The van der Waals surface area contributed by atoms with Gasteiger partial charge in [-0.3, -0.25) is 9.59 Å². The van der Waals surface area contributed by atoms with Crippen LogP contribution >= 0.6 is 11.8 Å². The van der Waals surface area contributed by atoms with Gasteiger partial charge in [0.1, 0.15) is 0 Å². The molecule has 0 unspecified atom stereocenters. The van der Waals surface area contributed by atoms with Gasteiger partial charge in [-0.05, 0) is 6.26 Å². The number of carbonyl (C=O) groups excluding carboxylic acids is 2. The molecule has 0 aromatic rings. The van der Waals surface area contributed by atoms with Crippen molar-refractivity contribution in [3.63, 3.8) is 0 Å². The van der Waals surface area contributed by atoms with Crippen LogP contribution in [0.25, 0.3) is 0 Å². The molecule has 0 saturated heterocycles. The number of amides is 2.